The zero-order valence-corrected chi connectivity index (χ0v) is 19.3. The first-order chi connectivity index (χ1) is 15.1. The zero-order chi connectivity index (χ0) is 21.6. The molecule has 0 bridgehead atoms. The van der Waals surface area contributed by atoms with Crippen molar-refractivity contribution >= 4 is 22.9 Å². The lowest BCUT2D eigenvalue weighted by Crippen LogP contribution is -2.46. The molecule has 6 heteroatoms. The quantitative estimate of drug-likeness (QED) is 0.691. The van der Waals surface area contributed by atoms with Crippen LogP contribution in [0.1, 0.15) is 43.7 Å². The smallest absolute Gasteiger partial charge is 0.226 e. The first kappa shape index (κ1) is 22.3. The van der Waals surface area contributed by atoms with E-state index in [2.05, 4.69) is 58.2 Å². The summed E-state index contributed by atoms with van der Waals surface area (Å²) in [4.78, 5) is 16.9. The van der Waals surface area contributed by atoms with E-state index in [1.54, 1.807) is 11.3 Å². The molecule has 1 aromatic heterocycles. The number of nitrogens with zero attached hydrogens (tertiary/aromatic N) is 2. The summed E-state index contributed by atoms with van der Waals surface area (Å²) in [5.74, 6) is 0.170. The molecule has 0 spiro atoms. The van der Waals surface area contributed by atoms with Crippen LogP contribution in [0.25, 0.3) is 0 Å². The molecular weight excluding hydrogens is 406 g/mol. The van der Waals surface area contributed by atoms with Crippen molar-refractivity contribution in [2.75, 3.05) is 31.1 Å². The molecule has 2 aliphatic rings. The number of thiophene rings is 1. The molecule has 1 unspecified atom stereocenters. The molecule has 2 aromatic rings. The van der Waals surface area contributed by atoms with Crippen molar-refractivity contribution in [1.29, 1.82) is 0 Å². The predicted octanol–water partition coefficient (Wildman–Crippen LogP) is 3.46. The largest absolute Gasteiger partial charge is 0.393 e. The molecule has 0 aliphatic carbocycles. The lowest BCUT2D eigenvalue weighted by molar-refractivity contribution is -0.132. The molecule has 1 aromatic carbocycles. The van der Waals surface area contributed by atoms with Gasteiger partial charge in [-0.15, -0.1) is 0 Å². The van der Waals surface area contributed by atoms with Gasteiger partial charge in [0.2, 0.25) is 5.91 Å². The highest BCUT2D eigenvalue weighted by Crippen LogP contribution is 2.22. The Morgan fingerprint density at radius 3 is 2.42 bits per heavy atom. The molecule has 4 rings (SSSR count). The van der Waals surface area contributed by atoms with E-state index in [4.69, 9.17) is 0 Å². The number of rotatable bonds is 7. The van der Waals surface area contributed by atoms with Crippen LogP contribution in [0, 0.1) is 0 Å². The van der Waals surface area contributed by atoms with Crippen molar-refractivity contribution < 1.29 is 9.90 Å². The maximum atomic E-state index is 12.5. The Hall–Kier alpha value is -1.89. The first-order valence-corrected chi connectivity index (χ1v) is 12.6. The molecule has 5 nitrogen and oxygen atoms in total. The molecule has 2 fully saturated rings. The average molecular weight is 442 g/mol. The second-order valence-electron chi connectivity index (χ2n) is 9.12. The van der Waals surface area contributed by atoms with Gasteiger partial charge in [0.05, 0.1) is 12.5 Å². The van der Waals surface area contributed by atoms with Crippen LogP contribution in [0.2, 0.25) is 0 Å². The number of anilines is 1. The fourth-order valence-electron chi connectivity index (χ4n) is 4.75. The second kappa shape index (κ2) is 10.6. The summed E-state index contributed by atoms with van der Waals surface area (Å²) >= 11 is 1.77. The standard InChI is InChI=1S/C25H35N3O2S/c1-19(16-21-10-15-31-18-21)26-22-6-11-27(12-7-22)23-4-2-20(3-5-23)17-25(30)28-13-8-24(29)9-14-28/h2-5,10,15,18-19,22,24,26,29H,6-9,11-14,16-17H2,1H3. The minimum Gasteiger partial charge on any atom is -0.393 e. The van der Waals surface area contributed by atoms with Gasteiger partial charge in [-0.25, -0.2) is 0 Å². The summed E-state index contributed by atoms with van der Waals surface area (Å²) in [6.45, 7) is 5.77. The molecule has 0 saturated carbocycles. The number of likely N-dealkylation sites (tertiary alicyclic amines) is 1. The van der Waals surface area contributed by atoms with Crippen LogP contribution in [0.3, 0.4) is 0 Å². The summed E-state index contributed by atoms with van der Waals surface area (Å²) in [6.07, 6.45) is 5.02. The number of carbonyl (C=O) groups is 1. The number of hydrogen-bond acceptors (Lipinski definition) is 5. The van der Waals surface area contributed by atoms with Gasteiger partial charge in [0.25, 0.3) is 0 Å². The molecule has 2 N–H and O–H groups in total. The number of amides is 1. The third-order valence-electron chi connectivity index (χ3n) is 6.61. The molecule has 31 heavy (non-hydrogen) atoms. The third-order valence-corrected chi connectivity index (χ3v) is 7.34. The van der Waals surface area contributed by atoms with Gasteiger partial charge in [0.1, 0.15) is 0 Å². The van der Waals surface area contributed by atoms with E-state index in [9.17, 15) is 9.90 Å². The van der Waals surface area contributed by atoms with E-state index in [-0.39, 0.29) is 12.0 Å². The van der Waals surface area contributed by atoms with Crippen LogP contribution in [-0.4, -0.2) is 60.3 Å². The Morgan fingerprint density at radius 2 is 1.77 bits per heavy atom. The SMILES string of the molecule is CC(Cc1ccsc1)NC1CCN(c2ccc(CC(=O)N3CCC(O)CC3)cc2)CC1. The number of hydrogen-bond donors (Lipinski definition) is 2. The number of aliphatic hydroxyl groups is 1. The van der Waals surface area contributed by atoms with Crippen LogP contribution in [0.15, 0.2) is 41.1 Å². The lowest BCUT2D eigenvalue weighted by Gasteiger charge is -2.35. The number of benzene rings is 1. The Bertz CT molecular complexity index is 808. The normalized spacial score (nSPS) is 19.5. The average Bonchev–Trinajstić information content (AvgIpc) is 3.28. The van der Waals surface area contributed by atoms with Crippen LogP contribution >= 0.6 is 11.3 Å². The Kier molecular flexibility index (Phi) is 7.64. The first-order valence-electron chi connectivity index (χ1n) is 11.6. The van der Waals surface area contributed by atoms with Crippen molar-refractivity contribution in [3.8, 4) is 0 Å². The van der Waals surface area contributed by atoms with Gasteiger partial charge in [-0.3, -0.25) is 4.79 Å². The van der Waals surface area contributed by atoms with Crippen LogP contribution in [0.4, 0.5) is 5.69 Å². The van der Waals surface area contributed by atoms with E-state index in [0.717, 1.165) is 37.9 Å². The van der Waals surface area contributed by atoms with Crippen molar-refractivity contribution in [3.05, 3.63) is 52.2 Å². The molecular formula is C25H35N3O2S. The summed E-state index contributed by atoms with van der Waals surface area (Å²) in [5, 5.41) is 17.8. The van der Waals surface area contributed by atoms with Crippen molar-refractivity contribution in [2.45, 2.75) is 63.6 Å². The van der Waals surface area contributed by atoms with Gasteiger partial charge >= 0.3 is 0 Å². The van der Waals surface area contributed by atoms with E-state index in [1.165, 1.54) is 11.3 Å². The van der Waals surface area contributed by atoms with E-state index < -0.39 is 0 Å². The maximum Gasteiger partial charge on any atom is 0.226 e. The van der Waals surface area contributed by atoms with E-state index >= 15 is 0 Å². The van der Waals surface area contributed by atoms with Crippen LogP contribution in [-0.2, 0) is 17.6 Å². The molecule has 0 radical (unpaired) electrons. The number of nitrogens with one attached hydrogen (secondary N) is 1. The number of carbonyl (C=O) groups excluding carboxylic acids is 1. The summed E-state index contributed by atoms with van der Waals surface area (Å²) in [5.41, 5.74) is 3.75. The highest BCUT2D eigenvalue weighted by atomic mass is 32.1. The highest BCUT2D eigenvalue weighted by molar-refractivity contribution is 7.07. The topological polar surface area (TPSA) is 55.8 Å². The van der Waals surface area contributed by atoms with E-state index in [0.29, 0.717) is 44.4 Å². The van der Waals surface area contributed by atoms with E-state index in [1.807, 2.05) is 4.90 Å². The Balaban J connectivity index is 1.21. The third kappa shape index (κ3) is 6.31. The van der Waals surface area contributed by atoms with Crippen molar-refractivity contribution in [2.24, 2.45) is 0 Å². The molecule has 2 aliphatic heterocycles. The fourth-order valence-corrected chi connectivity index (χ4v) is 5.44. The highest BCUT2D eigenvalue weighted by Gasteiger charge is 2.22. The summed E-state index contributed by atoms with van der Waals surface area (Å²) < 4.78 is 0. The van der Waals surface area contributed by atoms with Gasteiger partial charge in [-0.1, -0.05) is 12.1 Å². The number of aliphatic hydroxyl groups excluding tert-OH is 1. The Labute approximate surface area is 190 Å². The molecule has 3 heterocycles. The molecule has 168 valence electrons. The lowest BCUT2D eigenvalue weighted by atomic mass is 10.0. The van der Waals surface area contributed by atoms with Crippen molar-refractivity contribution in [3.63, 3.8) is 0 Å². The molecule has 1 amide bonds. The second-order valence-corrected chi connectivity index (χ2v) is 9.90. The van der Waals surface area contributed by atoms with Gasteiger partial charge in [0, 0.05) is 44.0 Å². The van der Waals surface area contributed by atoms with Gasteiger partial charge < -0.3 is 20.2 Å². The van der Waals surface area contributed by atoms with Crippen LogP contribution < -0.4 is 10.2 Å². The number of piperidine rings is 2. The Morgan fingerprint density at radius 1 is 1.06 bits per heavy atom. The fraction of sp³-hybridized carbons (Fsp3) is 0.560. The molecule has 1 atom stereocenters. The van der Waals surface area contributed by atoms with Gasteiger partial charge in [-0.2, -0.15) is 11.3 Å². The minimum atomic E-state index is -0.244. The summed E-state index contributed by atoms with van der Waals surface area (Å²) in [7, 11) is 0. The van der Waals surface area contributed by atoms with Gasteiger partial charge in [-0.05, 0) is 79.1 Å². The van der Waals surface area contributed by atoms with Crippen molar-refractivity contribution in [1.82, 2.24) is 10.2 Å². The summed E-state index contributed by atoms with van der Waals surface area (Å²) in [6, 6.07) is 11.8. The van der Waals surface area contributed by atoms with Crippen LogP contribution in [0.5, 0.6) is 0 Å². The molecule has 2 saturated heterocycles. The maximum absolute atomic E-state index is 12.5. The van der Waals surface area contributed by atoms with Gasteiger partial charge in [0.15, 0.2) is 0 Å². The monoisotopic (exact) mass is 441 g/mol. The minimum absolute atomic E-state index is 0.170. The predicted molar refractivity (Wildman–Crippen MR) is 128 cm³/mol. The zero-order valence-electron chi connectivity index (χ0n) is 18.5.